The first kappa shape index (κ1) is 10.4. The molecule has 1 N–H and O–H groups in total. The largest absolute Gasteiger partial charge is 0.481 e. The summed E-state index contributed by atoms with van der Waals surface area (Å²) in [6, 6.07) is 6.03. The van der Waals surface area contributed by atoms with Gasteiger partial charge in [0.05, 0.1) is 0 Å². The number of carboxylic acid groups (broad SMARTS) is 1. The SMILES string of the molecule is O=C(O)CCC=Cc1ccc(F)cc1. The minimum absolute atomic E-state index is 0.123. The van der Waals surface area contributed by atoms with Gasteiger partial charge < -0.3 is 5.11 Å². The fraction of sp³-hybridized carbons (Fsp3) is 0.182. The first-order valence-electron chi connectivity index (χ1n) is 4.32. The molecule has 0 saturated carbocycles. The molecule has 0 bridgehead atoms. The summed E-state index contributed by atoms with van der Waals surface area (Å²) in [6.45, 7) is 0. The van der Waals surface area contributed by atoms with Gasteiger partial charge in [-0.2, -0.15) is 0 Å². The molecule has 0 aliphatic heterocycles. The van der Waals surface area contributed by atoms with Crippen LogP contribution < -0.4 is 0 Å². The Kier molecular flexibility index (Phi) is 3.85. The van der Waals surface area contributed by atoms with Gasteiger partial charge in [0.25, 0.3) is 0 Å². The van der Waals surface area contributed by atoms with Crippen molar-refractivity contribution < 1.29 is 14.3 Å². The Bertz CT molecular complexity index is 328. The molecule has 1 aromatic rings. The minimum atomic E-state index is -0.811. The molecule has 1 rings (SSSR count). The van der Waals surface area contributed by atoms with E-state index in [4.69, 9.17) is 5.11 Å². The van der Waals surface area contributed by atoms with E-state index in [1.165, 1.54) is 12.1 Å². The predicted octanol–water partition coefficient (Wildman–Crippen LogP) is 2.70. The van der Waals surface area contributed by atoms with Crippen molar-refractivity contribution in [3.63, 3.8) is 0 Å². The second kappa shape index (κ2) is 5.17. The second-order valence-electron chi connectivity index (χ2n) is 2.89. The van der Waals surface area contributed by atoms with Crippen molar-refractivity contribution in [2.75, 3.05) is 0 Å². The van der Waals surface area contributed by atoms with Crippen molar-refractivity contribution in [1.29, 1.82) is 0 Å². The van der Waals surface area contributed by atoms with Crippen LogP contribution in [0.5, 0.6) is 0 Å². The third-order valence-electron chi connectivity index (χ3n) is 1.71. The number of halogens is 1. The zero-order chi connectivity index (χ0) is 10.4. The van der Waals surface area contributed by atoms with E-state index >= 15 is 0 Å². The van der Waals surface area contributed by atoms with Crippen LogP contribution in [0.4, 0.5) is 4.39 Å². The van der Waals surface area contributed by atoms with E-state index in [0.29, 0.717) is 6.42 Å². The molecule has 3 heteroatoms. The highest BCUT2D eigenvalue weighted by Gasteiger charge is 1.92. The van der Waals surface area contributed by atoms with Gasteiger partial charge in [0.2, 0.25) is 0 Å². The van der Waals surface area contributed by atoms with Crippen molar-refractivity contribution in [2.45, 2.75) is 12.8 Å². The topological polar surface area (TPSA) is 37.3 Å². The maximum Gasteiger partial charge on any atom is 0.303 e. The smallest absolute Gasteiger partial charge is 0.303 e. The molecule has 0 aliphatic rings. The fourth-order valence-electron chi connectivity index (χ4n) is 1.00. The number of aliphatic carboxylic acids is 1. The minimum Gasteiger partial charge on any atom is -0.481 e. The van der Waals surface area contributed by atoms with Gasteiger partial charge in [-0.1, -0.05) is 24.3 Å². The van der Waals surface area contributed by atoms with E-state index in [0.717, 1.165) is 5.56 Å². The molecule has 74 valence electrons. The molecule has 0 spiro atoms. The zero-order valence-corrected chi connectivity index (χ0v) is 7.61. The zero-order valence-electron chi connectivity index (χ0n) is 7.61. The molecule has 0 saturated heterocycles. The third-order valence-corrected chi connectivity index (χ3v) is 1.71. The Hall–Kier alpha value is -1.64. The molecule has 0 atom stereocenters. The van der Waals surface area contributed by atoms with Gasteiger partial charge in [-0.25, -0.2) is 4.39 Å². The molecule has 0 aliphatic carbocycles. The summed E-state index contributed by atoms with van der Waals surface area (Å²) < 4.78 is 12.5. The van der Waals surface area contributed by atoms with Gasteiger partial charge in [-0.15, -0.1) is 0 Å². The Morgan fingerprint density at radius 2 is 2.00 bits per heavy atom. The summed E-state index contributed by atoms with van der Waals surface area (Å²) >= 11 is 0. The molecule has 0 unspecified atom stereocenters. The summed E-state index contributed by atoms with van der Waals surface area (Å²) in [7, 11) is 0. The summed E-state index contributed by atoms with van der Waals surface area (Å²) in [5.41, 5.74) is 0.872. The van der Waals surface area contributed by atoms with Gasteiger partial charge in [0.15, 0.2) is 0 Å². The fourth-order valence-corrected chi connectivity index (χ4v) is 1.00. The van der Waals surface area contributed by atoms with E-state index in [1.807, 2.05) is 0 Å². The summed E-state index contributed by atoms with van der Waals surface area (Å²) in [5, 5.41) is 8.36. The summed E-state index contributed by atoms with van der Waals surface area (Å²) in [4.78, 5) is 10.2. The van der Waals surface area contributed by atoms with Crippen LogP contribution in [0.25, 0.3) is 6.08 Å². The molecule has 0 aromatic heterocycles. The Labute approximate surface area is 81.7 Å². The molecule has 0 heterocycles. The van der Waals surface area contributed by atoms with Crippen LogP contribution in [0.15, 0.2) is 30.3 Å². The van der Waals surface area contributed by atoms with Crippen LogP contribution in [0.2, 0.25) is 0 Å². The van der Waals surface area contributed by atoms with Crippen LogP contribution in [0.1, 0.15) is 18.4 Å². The lowest BCUT2D eigenvalue weighted by atomic mass is 10.2. The monoisotopic (exact) mass is 194 g/mol. The molecule has 0 fully saturated rings. The van der Waals surface area contributed by atoms with E-state index in [1.54, 1.807) is 24.3 Å². The highest BCUT2D eigenvalue weighted by molar-refractivity contribution is 5.67. The van der Waals surface area contributed by atoms with Crippen molar-refractivity contribution in [2.24, 2.45) is 0 Å². The van der Waals surface area contributed by atoms with Crippen molar-refractivity contribution in [3.8, 4) is 0 Å². The van der Waals surface area contributed by atoms with Gasteiger partial charge in [-0.05, 0) is 24.1 Å². The Balaban J connectivity index is 2.44. The standard InChI is InChI=1S/C11H11FO2/c12-10-7-5-9(6-8-10)3-1-2-4-11(13)14/h1,3,5-8H,2,4H2,(H,13,14). The van der Waals surface area contributed by atoms with Crippen LogP contribution in [0.3, 0.4) is 0 Å². The lowest BCUT2D eigenvalue weighted by Crippen LogP contribution is -1.91. The normalized spacial score (nSPS) is 10.6. The van der Waals surface area contributed by atoms with Crippen molar-refractivity contribution in [1.82, 2.24) is 0 Å². The van der Waals surface area contributed by atoms with Crippen LogP contribution >= 0.6 is 0 Å². The van der Waals surface area contributed by atoms with Gasteiger partial charge in [0.1, 0.15) is 5.82 Å². The quantitative estimate of drug-likeness (QED) is 0.800. The summed E-state index contributed by atoms with van der Waals surface area (Å²) in [6.07, 6.45) is 4.16. The number of benzene rings is 1. The molecule has 0 amide bonds. The average Bonchev–Trinajstić information content (AvgIpc) is 2.15. The molecule has 2 nitrogen and oxygen atoms in total. The van der Waals surface area contributed by atoms with Gasteiger partial charge >= 0.3 is 5.97 Å². The molecule has 14 heavy (non-hydrogen) atoms. The number of allylic oxidation sites excluding steroid dienone is 1. The van der Waals surface area contributed by atoms with Crippen LogP contribution in [-0.2, 0) is 4.79 Å². The van der Waals surface area contributed by atoms with Crippen molar-refractivity contribution in [3.05, 3.63) is 41.7 Å². The first-order chi connectivity index (χ1) is 6.68. The average molecular weight is 194 g/mol. The van der Waals surface area contributed by atoms with Gasteiger partial charge in [-0.3, -0.25) is 4.79 Å². The molecule has 0 radical (unpaired) electrons. The van der Waals surface area contributed by atoms with Crippen LogP contribution in [-0.4, -0.2) is 11.1 Å². The number of carbonyl (C=O) groups is 1. The van der Waals surface area contributed by atoms with Crippen LogP contribution in [0, 0.1) is 5.82 Å². The van der Waals surface area contributed by atoms with E-state index in [-0.39, 0.29) is 12.2 Å². The first-order valence-corrected chi connectivity index (χ1v) is 4.32. The number of hydrogen-bond acceptors (Lipinski definition) is 1. The summed E-state index contributed by atoms with van der Waals surface area (Å²) in [5.74, 6) is -1.08. The number of carboxylic acids is 1. The van der Waals surface area contributed by atoms with E-state index in [2.05, 4.69) is 0 Å². The predicted molar refractivity (Wildman–Crippen MR) is 52.3 cm³/mol. The third kappa shape index (κ3) is 3.85. The number of rotatable bonds is 4. The lowest BCUT2D eigenvalue weighted by Gasteiger charge is -1.92. The van der Waals surface area contributed by atoms with Gasteiger partial charge in [0, 0.05) is 6.42 Å². The molecule has 1 aromatic carbocycles. The maximum absolute atomic E-state index is 12.5. The lowest BCUT2D eigenvalue weighted by molar-refractivity contribution is -0.136. The highest BCUT2D eigenvalue weighted by Crippen LogP contribution is 2.05. The Morgan fingerprint density at radius 3 is 2.57 bits per heavy atom. The molecular weight excluding hydrogens is 183 g/mol. The van der Waals surface area contributed by atoms with E-state index < -0.39 is 5.97 Å². The van der Waals surface area contributed by atoms with Crippen molar-refractivity contribution >= 4 is 12.0 Å². The van der Waals surface area contributed by atoms with E-state index in [9.17, 15) is 9.18 Å². The second-order valence-corrected chi connectivity index (χ2v) is 2.89. The maximum atomic E-state index is 12.5. The highest BCUT2D eigenvalue weighted by atomic mass is 19.1. The Morgan fingerprint density at radius 1 is 1.36 bits per heavy atom. The number of hydrogen-bond donors (Lipinski definition) is 1. The molecular formula is C11H11FO2.